The summed E-state index contributed by atoms with van der Waals surface area (Å²) >= 11 is 1.74. The molecule has 29 heavy (non-hydrogen) atoms. The van der Waals surface area contributed by atoms with Gasteiger partial charge in [0.1, 0.15) is 0 Å². The Morgan fingerprint density at radius 1 is 1.24 bits per heavy atom. The van der Waals surface area contributed by atoms with Crippen LogP contribution in [0.1, 0.15) is 43.6 Å². The molecule has 1 aliphatic rings. The number of thiophene rings is 1. The number of aromatic nitrogens is 2. The largest absolute Gasteiger partial charge is 0.483 e. The van der Waals surface area contributed by atoms with Crippen molar-refractivity contribution < 1.29 is 14.4 Å². The minimum Gasteiger partial charge on any atom is -0.483 e. The molecule has 0 aliphatic heterocycles. The minimum absolute atomic E-state index is 0.250. The van der Waals surface area contributed by atoms with Crippen LogP contribution in [0.15, 0.2) is 40.9 Å². The lowest BCUT2D eigenvalue weighted by Gasteiger charge is -2.26. The molecule has 7 heteroatoms. The fourth-order valence-corrected chi connectivity index (χ4v) is 4.23. The van der Waals surface area contributed by atoms with Crippen LogP contribution in [0.2, 0.25) is 0 Å². The molecule has 0 radical (unpaired) electrons. The van der Waals surface area contributed by atoms with Crippen LogP contribution in [0.5, 0.6) is 0 Å². The number of rotatable bonds is 7. The van der Waals surface area contributed by atoms with E-state index < -0.39 is 0 Å². The van der Waals surface area contributed by atoms with Crippen LogP contribution in [0.25, 0.3) is 22.2 Å². The second-order valence-electron chi connectivity index (χ2n) is 7.60. The van der Waals surface area contributed by atoms with E-state index in [-0.39, 0.29) is 6.47 Å². The predicted octanol–water partition coefficient (Wildman–Crippen LogP) is 5.01. The lowest BCUT2D eigenvalue weighted by molar-refractivity contribution is -0.122. The molecule has 1 aliphatic carbocycles. The Labute approximate surface area is 175 Å². The van der Waals surface area contributed by atoms with Crippen molar-refractivity contribution in [3.63, 3.8) is 0 Å². The van der Waals surface area contributed by atoms with Crippen LogP contribution in [0, 0.1) is 5.92 Å². The van der Waals surface area contributed by atoms with Gasteiger partial charge in [-0.1, -0.05) is 49.7 Å². The molecule has 2 heterocycles. The van der Waals surface area contributed by atoms with Crippen molar-refractivity contribution in [2.45, 2.75) is 52.1 Å². The highest BCUT2D eigenvalue weighted by atomic mass is 32.1. The maximum Gasteiger partial charge on any atom is 0.290 e. The smallest absolute Gasteiger partial charge is 0.290 e. The van der Waals surface area contributed by atoms with E-state index in [1.54, 1.807) is 11.3 Å². The molecule has 4 rings (SSSR count). The number of nitrogens with zero attached hydrogens (tertiary/aromatic N) is 2. The lowest BCUT2D eigenvalue weighted by Crippen LogP contribution is -2.34. The minimum atomic E-state index is -0.250. The van der Waals surface area contributed by atoms with Gasteiger partial charge in [-0.25, -0.2) is 0 Å². The van der Waals surface area contributed by atoms with E-state index in [4.69, 9.17) is 14.4 Å². The average molecular weight is 414 g/mol. The van der Waals surface area contributed by atoms with Crippen molar-refractivity contribution in [1.82, 2.24) is 15.5 Å². The van der Waals surface area contributed by atoms with Crippen LogP contribution in [0.4, 0.5) is 0 Å². The molecule has 3 aromatic rings. The Hall–Kier alpha value is -2.51. The summed E-state index contributed by atoms with van der Waals surface area (Å²) in [5.41, 5.74) is 2.28. The zero-order valence-corrected chi connectivity index (χ0v) is 17.6. The lowest BCUT2D eigenvalue weighted by atomic mass is 9.93. The standard InChI is InChI=1S/C21H25N3OS.CH2O2/c1-14(2)12-18-10-11-19(26-18)21-23-20(24-25-21)16-8-6-15(7-9-16)13-22-17-4-3-5-17;2-1-3/h6-11,14,17,22H,3-5,12-13H2,1-2H3;1H,(H,2,3). The second-order valence-corrected chi connectivity index (χ2v) is 8.77. The first kappa shape index (κ1) is 21.2. The maximum absolute atomic E-state index is 8.36. The molecule has 6 nitrogen and oxygen atoms in total. The predicted molar refractivity (Wildman–Crippen MR) is 115 cm³/mol. The summed E-state index contributed by atoms with van der Waals surface area (Å²) in [6.45, 7) is 5.14. The molecule has 0 unspecified atom stereocenters. The molecule has 0 atom stereocenters. The summed E-state index contributed by atoms with van der Waals surface area (Å²) in [6, 6.07) is 13.4. The van der Waals surface area contributed by atoms with E-state index >= 15 is 0 Å². The highest BCUT2D eigenvalue weighted by molar-refractivity contribution is 7.15. The summed E-state index contributed by atoms with van der Waals surface area (Å²) in [6.07, 6.45) is 5.07. The summed E-state index contributed by atoms with van der Waals surface area (Å²) < 4.78 is 5.49. The summed E-state index contributed by atoms with van der Waals surface area (Å²) in [4.78, 5) is 15.3. The van der Waals surface area contributed by atoms with Crippen molar-refractivity contribution in [1.29, 1.82) is 0 Å². The summed E-state index contributed by atoms with van der Waals surface area (Å²) in [7, 11) is 0. The maximum atomic E-state index is 8.36. The fraction of sp³-hybridized carbons (Fsp3) is 0.409. The van der Waals surface area contributed by atoms with E-state index in [1.807, 2.05) is 0 Å². The number of hydrogen-bond acceptors (Lipinski definition) is 6. The number of benzene rings is 1. The molecule has 2 N–H and O–H groups in total. The molecule has 0 bridgehead atoms. The fourth-order valence-electron chi connectivity index (χ4n) is 3.09. The van der Waals surface area contributed by atoms with Gasteiger partial charge in [0.15, 0.2) is 0 Å². The number of carbonyl (C=O) groups is 1. The normalized spacial score (nSPS) is 13.6. The Morgan fingerprint density at radius 3 is 2.59 bits per heavy atom. The van der Waals surface area contributed by atoms with Gasteiger partial charge in [-0.05, 0) is 42.9 Å². The molecule has 1 aromatic carbocycles. The van der Waals surface area contributed by atoms with Crippen LogP contribution in [-0.4, -0.2) is 27.8 Å². The van der Waals surface area contributed by atoms with Gasteiger partial charge in [-0.3, -0.25) is 4.79 Å². The van der Waals surface area contributed by atoms with Crippen molar-refractivity contribution >= 4 is 17.8 Å². The zero-order chi connectivity index (χ0) is 20.6. The van der Waals surface area contributed by atoms with Crippen LogP contribution in [-0.2, 0) is 17.8 Å². The van der Waals surface area contributed by atoms with Crippen LogP contribution < -0.4 is 5.32 Å². The number of carboxylic acid groups (broad SMARTS) is 1. The SMILES string of the molecule is CC(C)Cc1ccc(-c2nc(-c3ccc(CNC4CCC4)cc3)no2)s1.O=CO. The van der Waals surface area contributed by atoms with Gasteiger partial charge in [0.2, 0.25) is 5.82 Å². The Kier molecular flexibility index (Phi) is 7.55. The molecule has 154 valence electrons. The van der Waals surface area contributed by atoms with Gasteiger partial charge in [0, 0.05) is 23.0 Å². The van der Waals surface area contributed by atoms with Crippen molar-refractivity contribution in [3.05, 3.63) is 46.8 Å². The third kappa shape index (κ3) is 5.98. The quantitative estimate of drug-likeness (QED) is 0.530. The second kappa shape index (κ2) is 10.3. The monoisotopic (exact) mass is 413 g/mol. The summed E-state index contributed by atoms with van der Waals surface area (Å²) in [5.74, 6) is 1.91. The molecule has 0 saturated heterocycles. The van der Waals surface area contributed by atoms with Gasteiger partial charge < -0.3 is 14.9 Å². The highest BCUT2D eigenvalue weighted by Gasteiger charge is 2.16. The molecule has 1 saturated carbocycles. The Bertz CT molecular complexity index is 898. The molecule has 0 amide bonds. The van der Waals surface area contributed by atoms with Gasteiger partial charge in [-0.2, -0.15) is 4.98 Å². The van der Waals surface area contributed by atoms with Gasteiger partial charge in [0.05, 0.1) is 4.88 Å². The van der Waals surface area contributed by atoms with E-state index in [0.717, 1.165) is 23.4 Å². The van der Waals surface area contributed by atoms with E-state index in [0.29, 0.717) is 23.7 Å². The van der Waals surface area contributed by atoms with Crippen molar-refractivity contribution in [2.75, 3.05) is 0 Å². The third-order valence-corrected chi connectivity index (χ3v) is 5.92. The van der Waals surface area contributed by atoms with E-state index in [1.165, 1.54) is 29.7 Å². The zero-order valence-electron chi connectivity index (χ0n) is 16.8. The van der Waals surface area contributed by atoms with Gasteiger partial charge in [0.25, 0.3) is 12.4 Å². The average Bonchev–Trinajstić information content (AvgIpc) is 3.31. The van der Waals surface area contributed by atoms with Crippen LogP contribution in [0.3, 0.4) is 0 Å². The molecular weight excluding hydrogens is 386 g/mol. The Morgan fingerprint density at radius 2 is 1.97 bits per heavy atom. The Balaban J connectivity index is 0.000000755. The van der Waals surface area contributed by atoms with Crippen molar-refractivity contribution in [3.8, 4) is 22.2 Å². The van der Waals surface area contributed by atoms with Gasteiger partial charge in [-0.15, -0.1) is 11.3 Å². The summed E-state index contributed by atoms with van der Waals surface area (Å²) in [5, 5.41) is 14.6. The van der Waals surface area contributed by atoms with E-state index in [2.05, 4.69) is 65.7 Å². The number of nitrogens with one attached hydrogen (secondary N) is 1. The third-order valence-electron chi connectivity index (χ3n) is 4.82. The first-order valence-electron chi connectivity index (χ1n) is 9.92. The highest BCUT2D eigenvalue weighted by Crippen LogP contribution is 2.30. The number of hydrogen-bond donors (Lipinski definition) is 2. The topological polar surface area (TPSA) is 88.3 Å². The molecule has 2 aromatic heterocycles. The molecular formula is C22H27N3O3S. The van der Waals surface area contributed by atoms with Crippen molar-refractivity contribution in [2.24, 2.45) is 5.92 Å². The van der Waals surface area contributed by atoms with E-state index in [9.17, 15) is 0 Å². The first-order valence-corrected chi connectivity index (χ1v) is 10.7. The molecule has 1 fully saturated rings. The first-order chi connectivity index (χ1) is 14.1. The molecule has 0 spiro atoms. The van der Waals surface area contributed by atoms with Crippen LogP contribution >= 0.6 is 11.3 Å². The van der Waals surface area contributed by atoms with Gasteiger partial charge >= 0.3 is 0 Å².